The van der Waals surface area contributed by atoms with Gasteiger partial charge in [-0.1, -0.05) is 18.6 Å². The highest BCUT2D eigenvalue weighted by Gasteiger charge is 2.25. The van der Waals surface area contributed by atoms with E-state index in [2.05, 4.69) is 25.5 Å². The van der Waals surface area contributed by atoms with E-state index >= 15 is 0 Å². The first-order chi connectivity index (χ1) is 14.2. The molecule has 0 radical (unpaired) electrons. The minimum Gasteiger partial charge on any atom is -0.337 e. The number of urea groups is 1. The van der Waals surface area contributed by atoms with Gasteiger partial charge in [-0.15, -0.1) is 0 Å². The van der Waals surface area contributed by atoms with Crippen LogP contribution in [0.25, 0.3) is 0 Å². The summed E-state index contributed by atoms with van der Waals surface area (Å²) in [4.78, 5) is 37.0. The number of rotatable bonds is 5. The van der Waals surface area contributed by atoms with Crippen molar-refractivity contribution in [1.82, 2.24) is 20.2 Å². The number of hydrogen-bond donors (Lipinski definition) is 2. The Labute approximate surface area is 170 Å². The van der Waals surface area contributed by atoms with Crippen LogP contribution in [-0.4, -0.2) is 53.0 Å². The average Bonchev–Trinajstić information content (AvgIpc) is 2.72. The number of hydrogen-bond acceptors (Lipinski definition) is 5. The number of carbonyl (C=O) groups excluding carboxylic acids is 2. The van der Waals surface area contributed by atoms with E-state index < -0.39 is 0 Å². The molecule has 1 saturated carbocycles. The molecule has 1 aromatic carbocycles. The maximum absolute atomic E-state index is 12.5. The van der Waals surface area contributed by atoms with Gasteiger partial charge in [-0.3, -0.25) is 4.79 Å². The van der Waals surface area contributed by atoms with Crippen molar-refractivity contribution in [2.24, 2.45) is 5.92 Å². The molecule has 1 aliphatic heterocycles. The minimum absolute atomic E-state index is 0.0810. The first kappa shape index (κ1) is 19.2. The zero-order chi connectivity index (χ0) is 20.1. The van der Waals surface area contributed by atoms with Gasteiger partial charge in [0, 0.05) is 56.7 Å². The Balaban J connectivity index is 1.24. The zero-order valence-corrected chi connectivity index (χ0v) is 16.4. The van der Waals surface area contributed by atoms with Crippen LogP contribution < -0.4 is 15.5 Å². The van der Waals surface area contributed by atoms with E-state index in [4.69, 9.17) is 0 Å². The summed E-state index contributed by atoms with van der Waals surface area (Å²) in [5.41, 5.74) is 1.74. The number of nitrogens with zero attached hydrogens (tertiary/aromatic N) is 4. The lowest BCUT2D eigenvalue weighted by Crippen LogP contribution is -2.52. The van der Waals surface area contributed by atoms with E-state index in [0.29, 0.717) is 38.7 Å². The third-order valence-corrected chi connectivity index (χ3v) is 5.52. The predicted octanol–water partition coefficient (Wildman–Crippen LogP) is 2.25. The molecule has 0 bridgehead atoms. The monoisotopic (exact) mass is 394 g/mol. The number of nitrogens with one attached hydrogen (secondary N) is 2. The first-order valence-electron chi connectivity index (χ1n) is 10.1. The maximum atomic E-state index is 12.5. The molecule has 3 amide bonds. The first-order valence-corrected chi connectivity index (χ1v) is 10.1. The molecule has 8 heteroatoms. The van der Waals surface area contributed by atoms with E-state index in [-0.39, 0.29) is 17.9 Å². The molecule has 1 saturated heterocycles. The van der Waals surface area contributed by atoms with Gasteiger partial charge in [0.1, 0.15) is 0 Å². The van der Waals surface area contributed by atoms with Crippen LogP contribution in [-0.2, 0) is 11.3 Å². The fraction of sp³-hybridized carbons (Fsp3) is 0.429. The summed E-state index contributed by atoms with van der Waals surface area (Å²) in [5, 5.41) is 5.95. The standard InChI is InChI=1S/C21H26N6O2/c28-19(17-5-2-6-17)25-18-7-1-4-16(14-18)15-24-21(29)27-12-10-26(11-13-27)20-22-8-3-9-23-20/h1,3-4,7-9,14,17H,2,5-6,10-13,15H2,(H,24,29)(H,25,28). The topological polar surface area (TPSA) is 90.5 Å². The van der Waals surface area contributed by atoms with Gasteiger partial charge in [-0.05, 0) is 36.6 Å². The average molecular weight is 394 g/mol. The summed E-state index contributed by atoms with van der Waals surface area (Å²) in [6.07, 6.45) is 6.54. The fourth-order valence-corrected chi connectivity index (χ4v) is 3.53. The molecular weight excluding hydrogens is 368 g/mol. The predicted molar refractivity (Wildman–Crippen MR) is 110 cm³/mol. The van der Waals surface area contributed by atoms with Crippen molar-refractivity contribution in [2.75, 3.05) is 36.4 Å². The zero-order valence-electron chi connectivity index (χ0n) is 16.4. The molecule has 1 aliphatic carbocycles. The highest BCUT2D eigenvalue weighted by atomic mass is 16.2. The van der Waals surface area contributed by atoms with Crippen molar-refractivity contribution in [1.29, 1.82) is 0 Å². The molecule has 2 aliphatic rings. The molecular formula is C21H26N6O2. The summed E-state index contributed by atoms with van der Waals surface area (Å²) in [6, 6.07) is 9.36. The van der Waals surface area contributed by atoms with Crippen LogP contribution in [0.1, 0.15) is 24.8 Å². The molecule has 29 heavy (non-hydrogen) atoms. The molecule has 0 unspecified atom stereocenters. The van der Waals surface area contributed by atoms with Gasteiger partial charge in [0.2, 0.25) is 11.9 Å². The lowest BCUT2D eigenvalue weighted by molar-refractivity contribution is -0.122. The van der Waals surface area contributed by atoms with E-state index in [1.807, 2.05) is 29.2 Å². The van der Waals surface area contributed by atoms with Crippen LogP contribution in [0.2, 0.25) is 0 Å². The van der Waals surface area contributed by atoms with Crippen molar-refractivity contribution < 1.29 is 9.59 Å². The Morgan fingerprint density at radius 1 is 1.03 bits per heavy atom. The molecule has 2 fully saturated rings. The smallest absolute Gasteiger partial charge is 0.317 e. The Hall–Kier alpha value is -3.16. The van der Waals surface area contributed by atoms with E-state index in [0.717, 1.165) is 30.5 Å². The van der Waals surface area contributed by atoms with E-state index in [1.165, 1.54) is 0 Å². The van der Waals surface area contributed by atoms with Crippen LogP contribution in [0.15, 0.2) is 42.7 Å². The van der Waals surface area contributed by atoms with Crippen LogP contribution in [0.4, 0.5) is 16.4 Å². The highest BCUT2D eigenvalue weighted by Crippen LogP contribution is 2.27. The number of piperazine rings is 1. The van der Waals surface area contributed by atoms with Crippen molar-refractivity contribution in [3.05, 3.63) is 48.3 Å². The van der Waals surface area contributed by atoms with Gasteiger partial charge in [-0.2, -0.15) is 0 Å². The van der Waals surface area contributed by atoms with Gasteiger partial charge >= 0.3 is 6.03 Å². The second-order valence-corrected chi connectivity index (χ2v) is 7.50. The summed E-state index contributed by atoms with van der Waals surface area (Å²) >= 11 is 0. The van der Waals surface area contributed by atoms with Crippen molar-refractivity contribution in [2.45, 2.75) is 25.8 Å². The normalized spacial score (nSPS) is 16.8. The Bertz CT molecular complexity index is 847. The van der Waals surface area contributed by atoms with Gasteiger partial charge in [0.25, 0.3) is 0 Å². The molecule has 2 aromatic rings. The van der Waals surface area contributed by atoms with Crippen LogP contribution >= 0.6 is 0 Å². The van der Waals surface area contributed by atoms with Crippen molar-refractivity contribution in [3.8, 4) is 0 Å². The number of benzene rings is 1. The third-order valence-electron chi connectivity index (χ3n) is 5.52. The van der Waals surface area contributed by atoms with Gasteiger partial charge in [0.15, 0.2) is 0 Å². The highest BCUT2D eigenvalue weighted by molar-refractivity contribution is 5.93. The minimum atomic E-state index is -0.0810. The number of carbonyl (C=O) groups is 2. The van der Waals surface area contributed by atoms with Crippen molar-refractivity contribution in [3.63, 3.8) is 0 Å². The number of amides is 3. The van der Waals surface area contributed by atoms with E-state index in [1.54, 1.807) is 18.5 Å². The molecule has 2 N–H and O–H groups in total. The molecule has 0 atom stereocenters. The lowest BCUT2D eigenvalue weighted by atomic mass is 9.85. The third kappa shape index (κ3) is 4.82. The summed E-state index contributed by atoms with van der Waals surface area (Å²) in [6.45, 7) is 3.09. The quantitative estimate of drug-likeness (QED) is 0.812. The van der Waals surface area contributed by atoms with Gasteiger partial charge in [0.05, 0.1) is 0 Å². The summed E-state index contributed by atoms with van der Waals surface area (Å²) in [5.74, 6) is 0.948. The molecule has 152 valence electrons. The van der Waals surface area contributed by atoms with Crippen LogP contribution in [0.3, 0.4) is 0 Å². The number of aromatic nitrogens is 2. The molecule has 4 rings (SSSR count). The Morgan fingerprint density at radius 3 is 2.48 bits per heavy atom. The molecule has 2 heterocycles. The SMILES string of the molecule is O=C(Nc1cccc(CNC(=O)N2CCN(c3ncccn3)CC2)c1)C1CCC1. The Morgan fingerprint density at radius 2 is 1.79 bits per heavy atom. The molecule has 0 spiro atoms. The molecule has 8 nitrogen and oxygen atoms in total. The summed E-state index contributed by atoms with van der Waals surface area (Å²) < 4.78 is 0. The lowest BCUT2D eigenvalue weighted by Gasteiger charge is -2.34. The largest absolute Gasteiger partial charge is 0.337 e. The summed E-state index contributed by atoms with van der Waals surface area (Å²) in [7, 11) is 0. The van der Waals surface area contributed by atoms with Crippen molar-refractivity contribution >= 4 is 23.6 Å². The fourth-order valence-electron chi connectivity index (χ4n) is 3.53. The van der Waals surface area contributed by atoms with Crippen LogP contribution in [0.5, 0.6) is 0 Å². The Kier molecular flexibility index (Phi) is 5.88. The second kappa shape index (κ2) is 8.89. The van der Waals surface area contributed by atoms with E-state index in [9.17, 15) is 9.59 Å². The number of anilines is 2. The van der Waals surface area contributed by atoms with Crippen LogP contribution in [0, 0.1) is 5.92 Å². The van der Waals surface area contributed by atoms with Gasteiger partial charge in [-0.25, -0.2) is 14.8 Å². The van der Waals surface area contributed by atoms with Gasteiger partial charge < -0.3 is 20.4 Å². The second-order valence-electron chi connectivity index (χ2n) is 7.50. The molecule has 1 aromatic heterocycles. The maximum Gasteiger partial charge on any atom is 0.317 e.